The van der Waals surface area contributed by atoms with Crippen LogP contribution < -0.4 is 9.47 Å². The first-order chi connectivity index (χ1) is 13.0. The lowest BCUT2D eigenvalue weighted by Gasteiger charge is -2.05. The first kappa shape index (κ1) is 19.3. The molecule has 8 nitrogen and oxygen atoms in total. The summed E-state index contributed by atoms with van der Waals surface area (Å²) in [4.78, 5) is 11.5. The number of thioether (sulfide) groups is 1. The Morgan fingerprint density at radius 1 is 1.15 bits per heavy atom. The van der Waals surface area contributed by atoms with E-state index in [0.717, 1.165) is 11.8 Å². The van der Waals surface area contributed by atoms with Crippen molar-refractivity contribution in [2.24, 2.45) is 0 Å². The molecule has 0 amide bonds. The van der Waals surface area contributed by atoms with E-state index < -0.39 is 5.97 Å². The third-order valence-corrected chi connectivity index (χ3v) is 4.71. The Morgan fingerprint density at radius 2 is 1.85 bits per heavy atom. The maximum Gasteiger partial charge on any atom is 0.342 e. The zero-order valence-corrected chi connectivity index (χ0v) is 17.1. The minimum atomic E-state index is -1.13. The van der Waals surface area contributed by atoms with E-state index in [0.29, 0.717) is 26.6 Å². The molecule has 3 rings (SSSR count). The SMILES string of the molecule is COc1cc(OC)cc(-c2nnc(S/C(=C\c3ccc(I)o3)C(=O)O)o2)c1. The third-order valence-electron chi connectivity index (χ3n) is 3.28. The van der Waals surface area contributed by atoms with Crippen molar-refractivity contribution in [1.29, 1.82) is 0 Å². The monoisotopic (exact) mass is 500 g/mol. The number of furan rings is 1. The van der Waals surface area contributed by atoms with E-state index in [9.17, 15) is 9.90 Å². The van der Waals surface area contributed by atoms with Crippen molar-refractivity contribution in [2.75, 3.05) is 14.2 Å². The van der Waals surface area contributed by atoms with Crippen molar-refractivity contribution in [3.8, 4) is 23.0 Å². The molecule has 0 unspecified atom stereocenters. The van der Waals surface area contributed by atoms with Gasteiger partial charge in [-0.1, -0.05) is 0 Å². The summed E-state index contributed by atoms with van der Waals surface area (Å²) in [6, 6.07) is 8.54. The van der Waals surface area contributed by atoms with Crippen LogP contribution in [0.1, 0.15) is 5.76 Å². The number of carbonyl (C=O) groups is 1. The zero-order valence-electron chi connectivity index (χ0n) is 14.1. The third kappa shape index (κ3) is 4.83. The van der Waals surface area contributed by atoms with Gasteiger partial charge in [-0.25, -0.2) is 4.79 Å². The Labute approximate surface area is 171 Å². The average Bonchev–Trinajstić information content (AvgIpc) is 3.29. The number of hydrogen-bond donors (Lipinski definition) is 1. The molecule has 10 heteroatoms. The minimum Gasteiger partial charge on any atom is -0.497 e. The molecule has 0 aliphatic rings. The number of aliphatic carboxylic acids is 1. The van der Waals surface area contributed by atoms with Crippen LogP contribution in [0.25, 0.3) is 17.5 Å². The van der Waals surface area contributed by atoms with Gasteiger partial charge in [0.2, 0.25) is 5.89 Å². The number of hydrogen-bond acceptors (Lipinski definition) is 8. The van der Waals surface area contributed by atoms with Gasteiger partial charge in [0, 0.05) is 17.7 Å². The molecule has 2 aromatic heterocycles. The minimum absolute atomic E-state index is 0.0147. The van der Waals surface area contributed by atoms with Gasteiger partial charge in [-0.15, -0.1) is 10.2 Å². The molecule has 0 aliphatic heterocycles. The van der Waals surface area contributed by atoms with Crippen LogP contribution >= 0.6 is 34.4 Å². The number of aromatic nitrogens is 2. The van der Waals surface area contributed by atoms with Crippen LogP contribution in [0.4, 0.5) is 0 Å². The number of ether oxygens (including phenoxy) is 2. The Kier molecular flexibility index (Phi) is 6.06. The first-order valence-electron chi connectivity index (χ1n) is 7.43. The lowest BCUT2D eigenvalue weighted by atomic mass is 10.2. The van der Waals surface area contributed by atoms with Gasteiger partial charge in [-0.05, 0) is 58.6 Å². The molecule has 1 aromatic carbocycles. The maximum absolute atomic E-state index is 11.5. The number of benzene rings is 1. The number of halogens is 1. The number of nitrogens with zero attached hydrogens (tertiary/aromatic N) is 2. The van der Waals surface area contributed by atoms with Crippen molar-refractivity contribution >= 4 is 46.4 Å². The quantitative estimate of drug-likeness (QED) is 0.291. The molecule has 2 heterocycles. The Bertz CT molecular complexity index is 975. The van der Waals surface area contributed by atoms with Gasteiger partial charge in [0.1, 0.15) is 22.2 Å². The van der Waals surface area contributed by atoms with Crippen molar-refractivity contribution in [3.05, 3.63) is 44.8 Å². The smallest absolute Gasteiger partial charge is 0.342 e. The summed E-state index contributed by atoms with van der Waals surface area (Å²) in [7, 11) is 3.07. The van der Waals surface area contributed by atoms with Crippen molar-refractivity contribution in [1.82, 2.24) is 10.2 Å². The molecule has 1 N–H and O–H groups in total. The second-order valence-electron chi connectivity index (χ2n) is 5.03. The molecule has 0 fully saturated rings. The topological polar surface area (TPSA) is 108 Å². The fourth-order valence-electron chi connectivity index (χ4n) is 2.06. The lowest BCUT2D eigenvalue weighted by Crippen LogP contribution is -1.96. The van der Waals surface area contributed by atoms with Gasteiger partial charge >= 0.3 is 5.97 Å². The molecule has 0 saturated heterocycles. The summed E-state index contributed by atoms with van der Waals surface area (Å²) < 4.78 is 22.0. The predicted molar refractivity (Wildman–Crippen MR) is 106 cm³/mol. The van der Waals surface area contributed by atoms with Crippen molar-refractivity contribution in [2.45, 2.75) is 5.22 Å². The Morgan fingerprint density at radius 3 is 2.41 bits per heavy atom. The molecule has 0 aliphatic carbocycles. The molecular formula is C17H13IN2O6S. The highest BCUT2D eigenvalue weighted by atomic mass is 127. The molecular weight excluding hydrogens is 487 g/mol. The summed E-state index contributed by atoms with van der Waals surface area (Å²) >= 11 is 2.83. The highest BCUT2D eigenvalue weighted by Gasteiger charge is 2.17. The van der Waals surface area contributed by atoms with E-state index >= 15 is 0 Å². The van der Waals surface area contributed by atoms with Gasteiger partial charge in [0.25, 0.3) is 5.22 Å². The number of carboxylic acid groups (broad SMARTS) is 1. The van der Waals surface area contributed by atoms with Crippen LogP contribution in [-0.2, 0) is 4.79 Å². The predicted octanol–water partition coefficient (Wildman–Crippen LogP) is 4.17. The number of rotatable bonds is 7. The fourth-order valence-corrected chi connectivity index (χ4v) is 3.15. The molecule has 0 radical (unpaired) electrons. The van der Waals surface area contributed by atoms with Crippen LogP contribution in [0, 0.1) is 3.77 Å². The number of methoxy groups -OCH3 is 2. The van der Waals surface area contributed by atoms with Crippen LogP contribution in [0.3, 0.4) is 0 Å². The van der Waals surface area contributed by atoms with Crippen LogP contribution in [0.15, 0.2) is 49.3 Å². The van der Waals surface area contributed by atoms with E-state index in [1.165, 1.54) is 20.3 Å². The van der Waals surface area contributed by atoms with E-state index in [2.05, 4.69) is 10.2 Å². The standard InChI is InChI=1S/C17H13IN2O6S/c1-23-11-5-9(6-12(7-11)24-2)15-19-20-17(26-15)27-13(16(21)22)8-10-3-4-14(18)25-10/h3-8H,1-2H3,(H,21,22)/b13-8-. The van der Waals surface area contributed by atoms with Crippen LogP contribution in [-0.4, -0.2) is 35.5 Å². The van der Waals surface area contributed by atoms with E-state index in [-0.39, 0.29) is 16.0 Å². The van der Waals surface area contributed by atoms with Gasteiger partial charge in [-0.3, -0.25) is 0 Å². The fraction of sp³-hybridized carbons (Fsp3) is 0.118. The summed E-state index contributed by atoms with van der Waals surface area (Å²) in [5.41, 5.74) is 0.590. The van der Waals surface area contributed by atoms with Crippen molar-refractivity contribution in [3.63, 3.8) is 0 Å². The van der Waals surface area contributed by atoms with E-state index in [1.807, 2.05) is 22.6 Å². The normalized spacial score (nSPS) is 11.4. The van der Waals surface area contributed by atoms with Gasteiger partial charge in [0.05, 0.1) is 14.2 Å². The Hall–Kier alpha value is -2.47. The van der Waals surface area contributed by atoms with E-state index in [4.69, 9.17) is 18.3 Å². The molecule has 3 aromatic rings. The molecule has 27 heavy (non-hydrogen) atoms. The van der Waals surface area contributed by atoms with Gasteiger partial charge in [-0.2, -0.15) is 0 Å². The largest absolute Gasteiger partial charge is 0.497 e. The highest BCUT2D eigenvalue weighted by Crippen LogP contribution is 2.33. The van der Waals surface area contributed by atoms with Crippen LogP contribution in [0.5, 0.6) is 11.5 Å². The summed E-state index contributed by atoms with van der Waals surface area (Å²) in [6.07, 6.45) is 1.40. The maximum atomic E-state index is 11.5. The molecule has 0 atom stereocenters. The Balaban J connectivity index is 1.86. The van der Waals surface area contributed by atoms with Gasteiger partial charge < -0.3 is 23.4 Å². The average molecular weight is 500 g/mol. The van der Waals surface area contributed by atoms with E-state index in [1.54, 1.807) is 30.3 Å². The second kappa shape index (κ2) is 8.48. The van der Waals surface area contributed by atoms with Crippen LogP contribution in [0.2, 0.25) is 0 Å². The second-order valence-corrected chi connectivity index (χ2v) is 7.09. The first-order valence-corrected chi connectivity index (χ1v) is 9.33. The highest BCUT2D eigenvalue weighted by molar-refractivity contribution is 14.1. The summed E-state index contributed by atoms with van der Waals surface area (Å²) in [5, 5.41) is 17.4. The molecule has 140 valence electrons. The number of carboxylic acids is 1. The summed E-state index contributed by atoms with van der Waals surface area (Å²) in [5.74, 6) is 0.633. The van der Waals surface area contributed by atoms with Crippen molar-refractivity contribution < 1.29 is 28.2 Å². The molecule has 0 bridgehead atoms. The molecule has 0 spiro atoms. The van der Waals surface area contributed by atoms with Gasteiger partial charge in [0.15, 0.2) is 3.77 Å². The molecule has 0 saturated carbocycles. The zero-order chi connectivity index (χ0) is 19.4. The summed E-state index contributed by atoms with van der Waals surface area (Å²) in [6.45, 7) is 0. The lowest BCUT2D eigenvalue weighted by molar-refractivity contribution is -0.131.